The fourth-order valence-electron chi connectivity index (χ4n) is 7.02. The fraction of sp³-hybridized carbons (Fsp3) is 0.381. The topological polar surface area (TPSA) is 164 Å². The van der Waals surface area contributed by atoms with Gasteiger partial charge in [-0.25, -0.2) is 9.78 Å². The SMILES string of the molecule is CC(=O)O[C@H](C[C@H](C(C)C)N(C)C(=O)CNC(=O)OCC1c2ccccc2-c2ccccc21)c1nc(C(=O)N[C@H](Cc2ccccc2)C[C@H](C)C(=O)O)cs1. The minimum absolute atomic E-state index is 0.0841. The van der Waals surface area contributed by atoms with Gasteiger partial charge in [-0.3, -0.25) is 19.2 Å². The number of rotatable bonds is 17. The van der Waals surface area contributed by atoms with Crippen LogP contribution in [-0.4, -0.2) is 77.1 Å². The Bertz CT molecular complexity index is 1940. The van der Waals surface area contributed by atoms with E-state index >= 15 is 0 Å². The van der Waals surface area contributed by atoms with Crippen LogP contribution in [0.1, 0.15) is 84.7 Å². The number of carbonyl (C=O) groups is 5. The number of aromatic nitrogens is 1. The van der Waals surface area contributed by atoms with E-state index in [1.807, 2.05) is 80.6 Å². The number of nitrogens with one attached hydrogen (secondary N) is 2. The number of fused-ring (bicyclic) bond motifs is 3. The summed E-state index contributed by atoms with van der Waals surface area (Å²) in [6.45, 7) is 6.56. The molecule has 1 aliphatic rings. The second kappa shape index (κ2) is 18.7. The third kappa shape index (κ3) is 10.6. The zero-order chi connectivity index (χ0) is 39.6. The molecule has 290 valence electrons. The summed E-state index contributed by atoms with van der Waals surface area (Å²) in [5.41, 5.74) is 5.45. The van der Waals surface area contributed by atoms with E-state index in [0.29, 0.717) is 11.4 Å². The van der Waals surface area contributed by atoms with Crippen LogP contribution >= 0.6 is 11.3 Å². The van der Waals surface area contributed by atoms with E-state index < -0.39 is 48.0 Å². The smallest absolute Gasteiger partial charge is 0.407 e. The van der Waals surface area contributed by atoms with Crippen LogP contribution in [0.4, 0.5) is 4.79 Å². The molecule has 1 aromatic heterocycles. The Hall–Kier alpha value is -5.56. The van der Waals surface area contributed by atoms with Gasteiger partial charge in [0.2, 0.25) is 5.91 Å². The molecule has 3 amide bonds. The zero-order valence-electron chi connectivity index (χ0n) is 31.7. The van der Waals surface area contributed by atoms with Crippen molar-refractivity contribution in [2.24, 2.45) is 11.8 Å². The predicted molar refractivity (Wildman–Crippen MR) is 209 cm³/mol. The first-order valence-electron chi connectivity index (χ1n) is 18.4. The van der Waals surface area contributed by atoms with Gasteiger partial charge in [-0.15, -0.1) is 11.3 Å². The Kier molecular flexibility index (Phi) is 13.8. The fourth-order valence-corrected chi connectivity index (χ4v) is 7.86. The standard InChI is InChI=1S/C42H48N4O8S/c1-25(2)36(46(5)38(48)22-43-42(52)53-23-34-32-17-11-9-15-30(32)31-16-10-12-18-33(31)34)21-37(54-27(4)47)40-45-35(24-55-40)39(49)44-29(19-26(3)41(50)51)20-28-13-7-6-8-14-28/h6-18,24-26,29,34,36-37H,19-23H2,1-5H3,(H,43,52)(H,44,49)(H,50,51)/t26-,29-,36+,37+/m0/s1. The molecule has 55 heavy (non-hydrogen) atoms. The van der Waals surface area contributed by atoms with Gasteiger partial charge in [-0.1, -0.05) is 99.6 Å². The summed E-state index contributed by atoms with van der Waals surface area (Å²) in [6, 6.07) is 24.6. The second-order valence-corrected chi connectivity index (χ2v) is 15.1. The van der Waals surface area contributed by atoms with Crippen molar-refractivity contribution in [3.05, 3.63) is 112 Å². The summed E-state index contributed by atoms with van der Waals surface area (Å²) in [6.07, 6.45) is -0.737. The van der Waals surface area contributed by atoms with Gasteiger partial charge >= 0.3 is 18.0 Å². The Labute approximate surface area is 325 Å². The molecule has 5 rings (SSSR count). The molecule has 0 saturated heterocycles. The highest BCUT2D eigenvalue weighted by atomic mass is 32.1. The monoisotopic (exact) mass is 768 g/mol. The van der Waals surface area contributed by atoms with Crippen molar-refractivity contribution >= 4 is 41.2 Å². The second-order valence-electron chi connectivity index (χ2n) is 14.2. The number of esters is 1. The van der Waals surface area contributed by atoms with E-state index in [0.717, 1.165) is 39.2 Å². The van der Waals surface area contributed by atoms with Crippen LogP contribution in [0.2, 0.25) is 0 Å². The van der Waals surface area contributed by atoms with Gasteiger partial charge in [0.1, 0.15) is 23.9 Å². The number of thiazole rings is 1. The lowest BCUT2D eigenvalue weighted by Gasteiger charge is -2.33. The van der Waals surface area contributed by atoms with Crippen molar-refractivity contribution in [1.29, 1.82) is 0 Å². The maximum absolute atomic E-state index is 13.4. The summed E-state index contributed by atoms with van der Waals surface area (Å²) >= 11 is 1.15. The number of likely N-dealkylation sites (N-methyl/N-ethyl adjacent to an activating group) is 1. The molecule has 0 fully saturated rings. The molecule has 4 atom stereocenters. The van der Waals surface area contributed by atoms with Crippen LogP contribution in [-0.2, 0) is 30.3 Å². The van der Waals surface area contributed by atoms with E-state index in [1.165, 1.54) is 11.8 Å². The minimum atomic E-state index is -0.955. The maximum atomic E-state index is 13.4. The third-order valence-corrected chi connectivity index (χ3v) is 10.8. The molecule has 0 unspecified atom stereocenters. The number of carbonyl (C=O) groups excluding carboxylic acids is 4. The third-order valence-electron chi connectivity index (χ3n) is 9.90. The van der Waals surface area contributed by atoms with Crippen LogP contribution in [0.15, 0.2) is 84.2 Å². The number of nitrogens with zero attached hydrogens (tertiary/aromatic N) is 2. The van der Waals surface area contributed by atoms with Gasteiger partial charge < -0.3 is 30.1 Å². The number of carboxylic acid groups (broad SMARTS) is 1. The molecule has 13 heteroatoms. The van der Waals surface area contributed by atoms with E-state index in [2.05, 4.69) is 27.8 Å². The molecule has 0 radical (unpaired) electrons. The largest absolute Gasteiger partial charge is 0.481 e. The van der Waals surface area contributed by atoms with Crippen LogP contribution < -0.4 is 10.6 Å². The molecule has 3 aromatic carbocycles. The molecule has 0 spiro atoms. The van der Waals surface area contributed by atoms with Crippen molar-refractivity contribution in [2.45, 2.75) is 71.1 Å². The summed E-state index contributed by atoms with van der Waals surface area (Å²) in [4.78, 5) is 69.6. The quantitative estimate of drug-likeness (QED) is 0.100. The molecule has 1 heterocycles. The van der Waals surface area contributed by atoms with Crippen LogP contribution in [0, 0.1) is 11.8 Å². The molecule has 4 aromatic rings. The van der Waals surface area contributed by atoms with Crippen molar-refractivity contribution in [3.8, 4) is 11.1 Å². The number of carboxylic acids is 1. The van der Waals surface area contributed by atoms with Crippen LogP contribution in [0.3, 0.4) is 0 Å². The molecule has 12 nitrogen and oxygen atoms in total. The number of hydrogen-bond donors (Lipinski definition) is 3. The van der Waals surface area contributed by atoms with Gasteiger partial charge in [0.25, 0.3) is 5.91 Å². The first kappa shape index (κ1) is 40.6. The number of ether oxygens (including phenoxy) is 2. The summed E-state index contributed by atoms with van der Waals surface area (Å²) in [5.74, 6) is -3.24. The molecule has 1 aliphatic carbocycles. The first-order chi connectivity index (χ1) is 26.3. The van der Waals surface area contributed by atoms with Gasteiger partial charge in [0.05, 0.1) is 5.92 Å². The van der Waals surface area contributed by atoms with E-state index in [9.17, 15) is 29.1 Å². The summed E-state index contributed by atoms with van der Waals surface area (Å²) < 4.78 is 11.3. The summed E-state index contributed by atoms with van der Waals surface area (Å²) in [5, 5.41) is 17.0. The van der Waals surface area contributed by atoms with E-state index in [1.54, 1.807) is 19.4 Å². The Morgan fingerprint density at radius 2 is 1.51 bits per heavy atom. The van der Waals surface area contributed by atoms with Crippen molar-refractivity contribution in [3.63, 3.8) is 0 Å². The Morgan fingerprint density at radius 3 is 2.11 bits per heavy atom. The molecule has 0 saturated carbocycles. The average molecular weight is 769 g/mol. The van der Waals surface area contributed by atoms with Crippen molar-refractivity contribution in [1.82, 2.24) is 20.5 Å². The van der Waals surface area contributed by atoms with E-state index in [-0.39, 0.29) is 49.4 Å². The number of amides is 3. The molecule has 0 aliphatic heterocycles. The Morgan fingerprint density at radius 1 is 0.891 bits per heavy atom. The van der Waals surface area contributed by atoms with E-state index in [4.69, 9.17) is 9.47 Å². The van der Waals surface area contributed by atoms with Crippen LogP contribution in [0.5, 0.6) is 0 Å². The van der Waals surface area contributed by atoms with Gasteiger partial charge in [0, 0.05) is 43.8 Å². The number of hydrogen-bond acceptors (Lipinski definition) is 9. The predicted octanol–water partition coefficient (Wildman–Crippen LogP) is 6.61. The highest BCUT2D eigenvalue weighted by molar-refractivity contribution is 7.09. The summed E-state index contributed by atoms with van der Waals surface area (Å²) in [7, 11) is 1.63. The highest BCUT2D eigenvalue weighted by Crippen LogP contribution is 2.44. The van der Waals surface area contributed by atoms with Gasteiger partial charge in [-0.05, 0) is 46.6 Å². The van der Waals surface area contributed by atoms with Crippen molar-refractivity contribution in [2.75, 3.05) is 20.2 Å². The Balaban J connectivity index is 1.20. The maximum Gasteiger partial charge on any atom is 0.407 e. The molecular weight excluding hydrogens is 721 g/mol. The lowest BCUT2D eigenvalue weighted by atomic mass is 9.96. The lowest BCUT2D eigenvalue weighted by Crippen LogP contribution is -2.46. The zero-order valence-corrected chi connectivity index (χ0v) is 32.5. The van der Waals surface area contributed by atoms with Crippen molar-refractivity contribution < 1.29 is 38.6 Å². The number of aliphatic carboxylic acids is 1. The highest BCUT2D eigenvalue weighted by Gasteiger charge is 2.32. The number of benzene rings is 3. The van der Waals surface area contributed by atoms with Crippen LogP contribution in [0.25, 0.3) is 11.1 Å². The normalized spacial score (nSPS) is 14.1. The number of alkyl carbamates (subject to hydrolysis) is 1. The molecule has 3 N–H and O–H groups in total. The molecule has 0 bridgehead atoms. The van der Waals surface area contributed by atoms with Gasteiger partial charge in [-0.2, -0.15) is 0 Å². The first-order valence-corrected chi connectivity index (χ1v) is 19.2. The van der Waals surface area contributed by atoms with Gasteiger partial charge in [0.15, 0.2) is 6.10 Å². The lowest BCUT2D eigenvalue weighted by molar-refractivity contribution is -0.148. The average Bonchev–Trinajstić information content (AvgIpc) is 3.78. The minimum Gasteiger partial charge on any atom is -0.481 e. The molecular formula is C42H48N4O8S.